The van der Waals surface area contributed by atoms with Gasteiger partial charge in [-0.05, 0) is 36.6 Å². The van der Waals surface area contributed by atoms with Crippen LogP contribution >= 0.6 is 24.0 Å². The van der Waals surface area contributed by atoms with Crippen LogP contribution in [0.1, 0.15) is 70.8 Å². The molecule has 0 unspecified atom stereocenters. The highest BCUT2D eigenvalue weighted by molar-refractivity contribution is 8.26. The molecule has 170 valence electrons. The molecule has 1 saturated heterocycles. The first-order valence-electron chi connectivity index (χ1n) is 11.3. The molecule has 0 aromatic heterocycles. The fraction of sp³-hybridized carbons (Fsp3) is 0.542. The van der Waals surface area contributed by atoms with Crippen molar-refractivity contribution in [3.05, 3.63) is 34.7 Å². The van der Waals surface area contributed by atoms with E-state index in [0.717, 1.165) is 35.3 Å². The summed E-state index contributed by atoms with van der Waals surface area (Å²) in [6.07, 6.45) is 11.8. The van der Waals surface area contributed by atoms with Crippen LogP contribution in [0.2, 0.25) is 0 Å². The number of anilines is 1. The number of rotatable bonds is 14. The summed E-state index contributed by atoms with van der Waals surface area (Å²) in [6, 6.07) is 8.27. The van der Waals surface area contributed by atoms with Crippen LogP contribution in [0.25, 0.3) is 6.08 Å². The van der Waals surface area contributed by atoms with E-state index in [1.54, 1.807) is 6.08 Å². The number of carboxylic acid groups (broad SMARTS) is 1. The Morgan fingerprint density at radius 3 is 2.13 bits per heavy atom. The summed E-state index contributed by atoms with van der Waals surface area (Å²) < 4.78 is 0.292. The molecular weight excluding hydrogens is 428 g/mol. The van der Waals surface area contributed by atoms with E-state index in [1.165, 1.54) is 57.1 Å². The molecule has 1 aliphatic heterocycles. The second-order valence-electron chi connectivity index (χ2n) is 7.86. The van der Waals surface area contributed by atoms with Crippen molar-refractivity contribution in [3.8, 4) is 0 Å². The molecule has 2 rings (SSSR count). The first-order valence-corrected chi connectivity index (χ1v) is 12.5. The lowest BCUT2D eigenvalue weighted by Crippen LogP contribution is -2.33. The fourth-order valence-electron chi connectivity index (χ4n) is 3.53. The van der Waals surface area contributed by atoms with Gasteiger partial charge in [-0.25, -0.2) is 0 Å². The molecule has 7 heteroatoms. The van der Waals surface area contributed by atoms with E-state index in [0.29, 0.717) is 9.23 Å². The Morgan fingerprint density at radius 2 is 1.61 bits per heavy atom. The largest absolute Gasteiger partial charge is 0.480 e. The van der Waals surface area contributed by atoms with E-state index in [-0.39, 0.29) is 5.91 Å². The van der Waals surface area contributed by atoms with Crippen molar-refractivity contribution in [1.82, 2.24) is 4.90 Å². The smallest absolute Gasteiger partial charge is 0.323 e. The number of carbonyl (C=O) groups is 2. The highest BCUT2D eigenvalue weighted by Crippen LogP contribution is 2.32. The Morgan fingerprint density at radius 1 is 1.03 bits per heavy atom. The van der Waals surface area contributed by atoms with E-state index >= 15 is 0 Å². The van der Waals surface area contributed by atoms with Gasteiger partial charge < -0.3 is 10.0 Å². The van der Waals surface area contributed by atoms with Crippen LogP contribution < -0.4 is 4.90 Å². The predicted octanol–water partition coefficient (Wildman–Crippen LogP) is 5.94. The molecule has 31 heavy (non-hydrogen) atoms. The Bertz CT molecular complexity index is 766. The number of carbonyl (C=O) groups excluding carboxylic acids is 1. The van der Waals surface area contributed by atoms with E-state index in [4.69, 9.17) is 17.3 Å². The second kappa shape index (κ2) is 13.5. The summed E-state index contributed by atoms with van der Waals surface area (Å²) in [4.78, 5) is 27.5. The topological polar surface area (TPSA) is 60.9 Å². The highest BCUT2D eigenvalue weighted by atomic mass is 32.2. The molecule has 1 aromatic carbocycles. The van der Waals surface area contributed by atoms with Crippen molar-refractivity contribution < 1.29 is 14.7 Å². The van der Waals surface area contributed by atoms with Crippen molar-refractivity contribution in [2.75, 3.05) is 24.5 Å². The molecule has 1 N–H and O–H groups in total. The average Bonchev–Trinajstić information content (AvgIpc) is 3.00. The summed E-state index contributed by atoms with van der Waals surface area (Å²) in [7, 11) is 0. The van der Waals surface area contributed by atoms with Crippen LogP contribution in [0.5, 0.6) is 0 Å². The Hall–Kier alpha value is -1.86. The van der Waals surface area contributed by atoms with Gasteiger partial charge in [0.25, 0.3) is 5.91 Å². The predicted molar refractivity (Wildman–Crippen MR) is 134 cm³/mol. The number of nitrogens with zero attached hydrogens (tertiary/aromatic N) is 2. The van der Waals surface area contributed by atoms with Gasteiger partial charge in [0.2, 0.25) is 0 Å². The van der Waals surface area contributed by atoms with Crippen LogP contribution in [-0.4, -0.2) is 45.8 Å². The van der Waals surface area contributed by atoms with Gasteiger partial charge >= 0.3 is 5.97 Å². The zero-order chi connectivity index (χ0) is 22.6. The average molecular weight is 463 g/mol. The van der Waals surface area contributed by atoms with Crippen molar-refractivity contribution in [1.29, 1.82) is 0 Å². The summed E-state index contributed by atoms with van der Waals surface area (Å²) >= 11 is 6.32. The first kappa shape index (κ1) is 25.4. The zero-order valence-corrected chi connectivity index (χ0v) is 20.3. The fourth-order valence-corrected chi connectivity index (χ4v) is 4.79. The molecule has 0 radical (unpaired) electrons. The maximum atomic E-state index is 12.5. The lowest BCUT2D eigenvalue weighted by molar-refractivity contribution is -0.140. The minimum atomic E-state index is -1.07. The van der Waals surface area contributed by atoms with E-state index < -0.39 is 12.5 Å². The number of thiocarbonyl (C=S) groups is 1. The number of carboxylic acids is 1. The van der Waals surface area contributed by atoms with Crippen LogP contribution in [-0.2, 0) is 9.59 Å². The van der Waals surface area contributed by atoms with Gasteiger partial charge in [-0.3, -0.25) is 14.5 Å². The maximum Gasteiger partial charge on any atom is 0.323 e. The number of thioether (sulfide) groups is 1. The number of amides is 1. The number of aliphatic carboxylic acids is 1. The highest BCUT2D eigenvalue weighted by Gasteiger charge is 2.33. The Balaban J connectivity index is 2.05. The molecule has 0 aliphatic carbocycles. The van der Waals surface area contributed by atoms with E-state index in [2.05, 4.69) is 30.9 Å². The van der Waals surface area contributed by atoms with Gasteiger partial charge in [-0.2, -0.15) is 0 Å². The third-order valence-electron chi connectivity index (χ3n) is 5.29. The van der Waals surface area contributed by atoms with Crippen molar-refractivity contribution >= 4 is 51.9 Å². The van der Waals surface area contributed by atoms with Crippen LogP contribution in [0.3, 0.4) is 0 Å². The standard InChI is InChI=1S/C24H34N2O3S2/c1-3-5-7-9-15-25(16-10-8-6-4-2)20-13-11-19(12-14-20)17-21-23(29)26(18-22(27)28)24(30)31-21/h11-14,17H,3-10,15-16,18H2,1-2H3,(H,27,28). The quantitative estimate of drug-likeness (QED) is 0.210. The van der Waals surface area contributed by atoms with Gasteiger partial charge in [-0.15, -0.1) is 0 Å². The van der Waals surface area contributed by atoms with Crippen LogP contribution in [0, 0.1) is 0 Å². The minimum absolute atomic E-state index is 0.292. The molecule has 1 aliphatic rings. The van der Waals surface area contributed by atoms with Gasteiger partial charge in [0.05, 0.1) is 4.91 Å². The normalized spacial score (nSPS) is 15.2. The first-order chi connectivity index (χ1) is 15.0. The molecule has 1 fully saturated rings. The summed E-state index contributed by atoms with van der Waals surface area (Å²) in [6.45, 7) is 6.21. The number of benzene rings is 1. The minimum Gasteiger partial charge on any atom is -0.480 e. The van der Waals surface area contributed by atoms with Gasteiger partial charge in [0, 0.05) is 18.8 Å². The lowest BCUT2D eigenvalue weighted by atomic mass is 10.1. The number of hydrogen-bond donors (Lipinski definition) is 1. The third kappa shape index (κ3) is 8.30. The summed E-state index contributed by atoms with van der Waals surface area (Å²) in [5.41, 5.74) is 2.13. The lowest BCUT2D eigenvalue weighted by Gasteiger charge is -2.25. The third-order valence-corrected chi connectivity index (χ3v) is 6.66. The number of hydrogen-bond acceptors (Lipinski definition) is 5. The van der Waals surface area contributed by atoms with Crippen LogP contribution in [0.15, 0.2) is 29.2 Å². The Labute approximate surface area is 195 Å². The van der Waals surface area contributed by atoms with E-state index in [9.17, 15) is 9.59 Å². The molecule has 0 spiro atoms. The molecular formula is C24H34N2O3S2. The van der Waals surface area contributed by atoms with Crippen LogP contribution in [0.4, 0.5) is 5.69 Å². The second-order valence-corrected chi connectivity index (χ2v) is 9.54. The molecule has 1 aromatic rings. The molecule has 1 amide bonds. The molecule has 0 atom stereocenters. The molecule has 0 bridgehead atoms. The van der Waals surface area contributed by atoms with E-state index in [1.807, 2.05) is 12.1 Å². The molecule has 0 saturated carbocycles. The van der Waals surface area contributed by atoms with Gasteiger partial charge in [-0.1, -0.05) is 88.5 Å². The Kier molecular flexibility index (Phi) is 11.1. The summed E-state index contributed by atoms with van der Waals surface area (Å²) in [5.74, 6) is -1.41. The van der Waals surface area contributed by atoms with Crippen molar-refractivity contribution in [3.63, 3.8) is 0 Å². The SMILES string of the molecule is CCCCCCN(CCCCCC)c1ccc(C=C2SC(=S)N(CC(=O)O)C2=O)cc1. The molecule has 5 nitrogen and oxygen atoms in total. The summed E-state index contributed by atoms with van der Waals surface area (Å²) in [5, 5.41) is 8.96. The monoisotopic (exact) mass is 462 g/mol. The number of unbranched alkanes of at least 4 members (excludes halogenated alkanes) is 6. The van der Waals surface area contributed by atoms with Crippen molar-refractivity contribution in [2.45, 2.75) is 65.2 Å². The van der Waals surface area contributed by atoms with Crippen molar-refractivity contribution in [2.24, 2.45) is 0 Å². The zero-order valence-electron chi connectivity index (χ0n) is 18.6. The van der Waals surface area contributed by atoms with Gasteiger partial charge in [0.15, 0.2) is 0 Å². The molecule has 1 heterocycles. The maximum absolute atomic E-state index is 12.5. The van der Waals surface area contributed by atoms with Gasteiger partial charge in [0.1, 0.15) is 10.9 Å².